The van der Waals surface area contributed by atoms with Crippen molar-refractivity contribution in [3.05, 3.63) is 115 Å². The summed E-state index contributed by atoms with van der Waals surface area (Å²) in [5.74, 6) is 3.12. The molecule has 0 spiro atoms. The second-order valence-corrected chi connectivity index (χ2v) is 10.3. The van der Waals surface area contributed by atoms with E-state index in [2.05, 4.69) is 97.9 Å². The van der Waals surface area contributed by atoms with Gasteiger partial charge in [0.05, 0.1) is 11.0 Å². The lowest BCUT2D eigenvalue weighted by atomic mass is 9.91. The average molecular weight is 498 g/mol. The van der Waals surface area contributed by atoms with E-state index in [1.807, 2.05) is 36.5 Å². The highest BCUT2D eigenvalue weighted by Gasteiger charge is 2.21. The number of ether oxygens (including phenoxy) is 1. The molecule has 0 atom stereocenters. The summed E-state index contributed by atoms with van der Waals surface area (Å²) < 4.78 is 8.37. The van der Waals surface area contributed by atoms with Gasteiger partial charge in [0.1, 0.15) is 11.6 Å². The van der Waals surface area contributed by atoms with E-state index in [4.69, 9.17) is 9.72 Å². The van der Waals surface area contributed by atoms with Gasteiger partial charge < -0.3 is 4.74 Å². The Morgan fingerprint density at radius 3 is 2.21 bits per heavy atom. The third-order valence-electron chi connectivity index (χ3n) is 7.12. The molecule has 38 heavy (non-hydrogen) atoms. The van der Waals surface area contributed by atoms with Gasteiger partial charge in [0.15, 0.2) is 0 Å². The first-order chi connectivity index (χ1) is 18.5. The molecular formula is C34H31N3O. The van der Waals surface area contributed by atoms with Crippen molar-refractivity contribution in [3.63, 3.8) is 0 Å². The SMILES string of the molecule is CC(C)c1ccnc(-n2c3ccccc3c3ccc(-c4cccc(Oc5ccccn5)c4)cc32)c1C(C)C. The van der Waals surface area contributed by atoms with E-state index in [1.54, 1.807) is 6.20 Å². The van der Waals surface area contributed by atoms with Crippen molar-refractivity contribution in [2.24, 2.45) is 0 Å². The van der Waals surface area contributed by atoms with Crippen LogP contribution in [0.15, 0.2) is 103 Å². The monoisotopic (exact) mass is 497 g/mol. The van der Waals surface area contributed by atoms with Crippen LogP contribution in [0.4, 0.5) is 0 Å². The molecule has 6 aromatic rings. The molecule has 3 aromatic heterocycles. The number of hydrogen-bond donors (Lipinski definition) is 0. The quantitative estimate of drug-likeness (QED) is 0.230. The Balaban J connectivity index is 1.56. The van der Waals surface area contributed by atoms with Crippen LogP contribution < -0.4 is 4.74 Å². The summed E-state index contributed by atoms with van der Waals surface area (Å²) in [6, 6.07) is 31.4. The molecule has 0 saturated carbocycles. The van der Waals surface area contributed by atoms with E-state index in [0.717, 1.165) is 28.2 Å². The smallest absolute Gasteiger partial charge is 0.219 e. The van der Waals surface area contributed by atoms with Crippen LogP contribution in [0, 0.1) is 0 Å². The number of pyridine rings is 2. The molecule has 0 bridgehead atoms. The van der Waals surface area contributed by atoms with Crippen LogP contribution in [-0.2, 0) is 0 Å². The molecule has 0 aliphatic carbocycles. The maximum Gasteiger partial charge on any atom is 0.219 e. The van der Waals surface area contributed by atoms with Crippen LogP contribution in [0.5, 0.6) is 11.6 Å². The second-order valence-electron chi connectivity index (χ2n) is 10.3. The molecule has 6 rings (SSSR count). The molecule has 0 radical (unpaired) electrons. The molecule has 3 aromatic carbocycles. The molecule has 3 heterocycles. The van der Waals surface area contributed by atoms with E-state index in [-0.39, 0.29) is 0 Å². The zero-order chi connectivity index (χ0) is 26.2. The van der Waals surface area contributed by atoms with Gasteiger partial charge in [-0.3, -0.25) is 4.57 Å². The fourth-order valence-corrected chi connectivity index (χ4v) is 5.40. The Morgan fingerprint density at radius 1 is 0.632 bits per heavy atom. The molecule has 0 N–H and O–H groups in total. The van der Waals surface area contributed by atoms with Crippen molar-refractivity contribution in [2.75, 3.05) is 0 Å². The summed E-state index contributed by atoms with van der Waals surface area (Å²) in [4.78, 5) is 9.28. The molecule has 0 saturated heterocycles. The predicted molar refractivity (Wildman–Crippen MR) is 157 cm³/mol. The molecular weight excluding hydrogens is 466 g/mol. The van der Waals surface area contributed by atoms with E-state index >= 15 is 0 Å². The van der Waals surface area contributed by atoms with Crippen molar-refractivity contribution in [2.45, 2.75) is 39.5 Å². The molecule has 0 aliphatic heterocycles. The average Bonchev–Trinajstić information content (AvgIpc) is 3.27. The number of para-hydroxylation sites is 1. The predicted octanol–water partition coefficient (Wildman–Crippen LogP) is 9.28. The number of nitrogens with zero attached hydrogens (tertiary/aromatic N) is 3. The molecule has 0 unspecified atom stereocenters. The van der Waals surface area contributed by atoms with Gasteiger partial charge in [0.2, 0.25) is 5.88 Å². The van der Waals surface area contributed by atoms with E-state index in [0.29, 0.717) is 17.7 Å². The van der Waals surface area contributed by atoms with Crippen molar-refractivity contribution in [1.29, 1.82) is 0 Å². The fourth-order valence-electron chi connectivity index (χ4n) is 5.40. The van der Waals surface area contributed by atoms with Crippen LogP contribution >= 0.6 is 0 Å². The largest absolute Gasteiger partial charge is 0.439 e. The van der Waals surface area contributed by atoms with Gasteiger partial charge in [-0.05, 0) is 64.9 Å². The topological polar surface area (TPSA) is 39.9 Å². The number of hydrogen-bond acceptors (Lipinski definition) is 3. The summed E-state index contributed by atoms with van der Waals surface area (Å²) in [7, 11) is 0. The highest BCUT2D eigenvalue weighted by atomic mass is 16.5. The first-order valence-corrected chi connectivity index (χ1v) is 13.2. The summed E-state index contributed by atoms with van der Waals surface area (Å²) >= 11 is 0. The lowest BCUT2D eigenvalue weighted by Gasteiger charge is -2.21. The standard InChI is InChI=1S/C34H31N3O/c1-22(2)27-17-19-36-34(33(27)23(3)4)37-30-13-6-5-12-28(30)29-16-15-25(21-31(29)37)24-10-9-11-26(20-24)38-32-14-7-8-18-35-32/h5-23H,1-4H3. The Kier molecular flexibility index (Phi) is 6.16. The maximum atomic E-state index is 6.02. The Bertz CT molecular complexity index is 1750. The zero-order valence-electron chi connectivity index (χ0n) is 22.2. The maximum absolute atomic E-state index is 6.02. The van der Waals surface area contributed by atoms with Crippen molar-refractivity contribution in [1.82, 2.24) is 14.5 Å². The van der Waals surface area contributed by atoms with E-state index < -0.39 is 0 Å². The normalized spacial score (nSPS) is 11.6. The summed E-state index contributed by atoms with van der Waals surface area (Å²) in [5, 5.41) is 2.45. The lowest BCUT2D eigenvalue weighted by molar-refractivity contribution is 0.463. The van der Waals surface area contributed by atoms with Gasteiger partial charge in [-0.25, -0.2) is 9.97 Å². The Morgan fingerprint density at radius 2 is 1.42 bits per heavy atom. The third kappa shape index (κ3) is 4.22. The number of rotatable bonds is 6. The van der Waals surface area contributed by atoms with Crippen molar-refractivity contribution < 1.29 is 4.74 Å². The molecule has 4 heteroatoms. The Hall–Kier alpha value is -4.44. The summed E-state index contributed by atoms with van der Waals surface area (Å²) in [6.07, 6.45) is 3.69. The number of aromatic nitrogens is 3. The second kappa shape index (κ2) is 9.79. The first kappa shape index (κ1) is 23.9. The molecule has 0 amide bonds. The highest BCUT2D eigenvalue weighted by molar-refractivity contribution is 6.10. The van der Waals surface area contributed by atoms with Crippen molar-refractivity contribution in [3.8, 4) is 28.6 Å². The van der Waals surface area contributed by atoms with Crippen LogP contribution in [0.25, 0.3) is 38.8 Å². The zero-order valence-corrected chi connectivity index (χ0v) is 22.2. The number of benzene rings is 3. The minimum absolute atomic E-state index is 0.343. The minimum Gasteiger partial charge on any atom is -0.439 e. The van der Waals surface area contributed by atoms with E-state index in [1.165, 1.54) is 27.4 Å². The van der Waals surface area contributed by atoms with Gasteiger partial charge in [-0.1, -0.05) is 76.2 Å². The minimum atomic E-state index is 0.343. The van der Waals surface area contributed by atoms with Gasteiger partial charge in [-0.2, -0.15) is 0 Å². The van der Waals surface area contributed by atoms with Gasteiger partial charge >= 0.3 is 0 Å². The van der Waals surface area contributed by atoms with Gasteiger partial charge in [-0.15, -0.1) is 0 Å². The summed E-state index contributed by atoms with van der Waals surface area (Å²) in [6.45, 7) is 9.04. The Labute approximate surface area is 223 Å². The van der Waals surface area contributed by atoms with E-state index in [9.17, 15) is 0 Å². The molecule has 0 fully saturated rings. The van der Waals surface area contributed by atoms with Crippen molar-refractivity contribution >= 4 is 21.8 Å². The highest BCUT2D eigenvalue weighted by Crippen LogP contribution is 2.38. The van der Waals surface area contributed by atoms with Crippen LogP contribution in [0.1, 0.15) is 50.7 Å². The summed E-state index contributed by atoms with van der Waals surface area (Å²) in [5.41, 5.74) is 7.19. The first-order valence-electron chi connectivity index (χ1n) is 13.2. The van der Waals surface area contributed by atoms with Crippen LogP contribution in [0.2, 0.25) is 0 Å². The van der Waals surface area contributed by atoms with Gasteiger partial charge in [0.25, 0.3) is 0 Å². The molecule has 0 aliphatic rings. The number of fused-ring (bicyclic) bond motifs is 3. The van der Waals surface area contributed by atoms with Gasteiger partial charge in [0, 0.05) is 34.8 Å². The molecule has 4 nitrogen and oxygen atoms in total. The fraction of sp³-hybridized carbons (Fsp3) is 0.176. The lowest BCUT2D eigenvalue weighted by Crippen LogP contribution is -2.08. The third-order valence-corrected chi connectivity index (χ3v) is 7.12. The van der Waals surface area contributed by atoms with Crippen LogP contribution in [-0.4, -0.2) is 14.5 Å². The van der Waals surface area contributed by atoms with Crippen LogP contribution in [0.3, 0.4) is 0 Å². The molecule has 188 valence electrons.